The van der Waals surface area contributed by atoms with Gasteiger partial charge in [0.25, 0.3) is 0 Å². The van der Waals surface area contributed by atoms with Gasteiger partial charge in [-0.2, -0.15) is 0 Å². The van der Waals surface area contributed by atoms with E-state index in [1.54, 1.807) is 0 Å². The molecule has 3 aromatic rings. The standard InChI is InChI=1S/C16H14ClN3/c17-13-5-2-6-14-15(13)20-16(19-14)12-4-1-3-10-9-18-8-7-11(10)12/h1-6,18H,7-9H2,(H,19,20). The van der Waals surface area contributed by atoms with E-state index in [1.807, 2.05) is 18.2 Å². The second-order valence-corrected chi connectivity index (χ2v) is 5.50. The zero-order valence-corrected chi connectivity index (χ0v) is 11.7. The second-order valence-electron chi connectivity index (χ2n) is 5.09. The molecule has 2 heterocycles. The number of para-hydroxylation sites is 1. The fraction of sp³-hybridized carbons (Fsp3) is 0.188. The first-order valence-electron chi connectivity index (χ1n) is 6.79. The number of hydrogen-bond donors (Lipinski definition) is 2. The lowest BCUT2D eigenvalue weighted by molar-refractivity contribution is 0.644. The highest BCUT2D eigenvalue weighted by Crippen LogP contribution is 2.30. The lowest BCUT2D eigenvalue weighted by Crippen LogP contribution is -2.24. The van der Waals surface area contributed by atoms with E-state index in [2.05, 4.69) is 33.5 Å². The minimum absolute atomic E-state index is 0.691. The van der Waals surface area contributed by atoms with E-state index in [9.17, 15) is 0 Å². The van der Waals surface area contributed by atoms with Crippen LogP contribution in [0.15, 0.2) is 36.4 Å². The number of imidazole rings is 1. The first-order chi connectivity index (χ1) is 9.83. The molecule has 3 nitrogen and oxygen atoms in total. The van der Waals surface area contributed by atoms with E-state index in [-0.39, 0.29) is 0 Å². The molecule has 1 aliphatic rings. The van der Waals surface area contributed by atoms with E-state index >= 15 is 0 Å². The summed E-state index contributed by atoms with van der Waals surface area (Å²) in [4.78, 5) is 8.07. The third-order valence-corrected chi connectivity index (χ3v) is 4.16. The molecule has 0 unspecified atom stereocenters. The van der Waals surface area contributed by atoms with Crippen molar-refractivity contribution >= 4 is 22.6 Å². The van der Waals surface area contributed by atoms with Crippen LogP contribution in [0, 0.1) is 0 Å². The number of rotatable bonds is 1. The maximum absolute atomic E-state index is 6.21. The maximum Gasteiger partial charge on any atom is 0.138 e. The van der Waals surface area contributed by atoms with Crippen molar-refractivity contribution in [1.82, 2.24) is 15.3 Å². The van der Waals surface area contributed by atoms with Crippen LogP contribution in [0.3, 0.4) is 0 Å². The monoisotopic (exact) mass is 283 g/mol. The number of aromatic amines is 1. The number of fused-ring (bicyclic) bond motifs is 2. The lowest BCUT2D eigenvalue weighted by atomic mass is 9.95. The summed E-state index contributed by atoms with van der Waals surface area (Å²) in [6.07, 6.45) is 1.04. The molecule has 100 valence electrons. The van der Waals surface area contributed by atoms with Crippen molar-refractivity contribution in [1.29, 1.82) is 0 Å². The molecule has 0 saturated heterocycles. The Balaban J connectivity index is 1.93. The molecule has 4 rings (SSSR count). The Morgan fingerprint density at radius 2 is 2.00 bits per heavy atom. The van der Waals surface area contributed by atoms with E-state index in [0.29, 0.717) is 5.02 Å². The van der Waals surface area contributed by atoms with Crippen molar-refractivity contribution in [3.63, 3.8) is 0 Å². The summed E-state index contributed by atoms with van der Waals surface area (Å²) >= 11 is 6.21. The molecule has 1 aliphatic heterocycles. The van der Waals surface area contributed by atoms with Crippen LogP contribution in [-0.2, 0) is 13.0 Å². The van der Waals surface area contributed by atoms with Crippen molar-refractivity contribution < 1.29 is 0 Å². The van der Waals surface area contributed by atoms with Crippen molar-refractivity contribution in [2.75, 3.05) is 6.54 Å². The average Bonchev–Trinajstić information content (AvgIpc) is 2.92. The molecule has 20 heavy (non-hydrogen) atoms. The molecule has 0 atom stereocenters. The van der Waals surface area contributed by atoms with Gasteiger partial charge < -0.3 is 10.3 Å². The number of nitrogens with one attached hydrogen (secondary N) is 2. The highest BCUT2D eigenvalue weighted by molar-refractivity contribution is 6.35. The number of nitrogens with zero attached hydrogens (tertiary/aromatic N) is 1. The number of benzene rings is 2. The molecule has 0 aliphatic carbocycles. The van der Waals surface area contributed by atoms with Crippen LogP contribution >= 0.6 is 11.6 Å². The van der Waals surface area contributed by atoms with Crippen molar-refractivity contribution in [3.05, 3.63) is 52.5 Å². The van der Waals surface area contributed by atoms with Crippen LogP contribution in [-0.4, -0.2) is 16.5 Å². The molecule has 4 heteroatoms. The molecule has 0 fully saturated rings. The SMILES string of the molecule is Clc1cccc2[nH]c(-c3cccc4c3CCNC4)nc12. The third kappa shape index (κ3) is 1.82. The molecular weight excluding hydrogens is 270 g/mol. The Bertz CT molecular complexity index is 792. The Hall–Kier alpha value is -1.84. The van der Waals surface area contributed by atoms with Gasteiger partial charge in [0.1, 0.15) is 11.3 Å². The summed E-state index contributed by atoms with van der Waals surface area (Å²) in [5.74, 6) is 0.909. The summed E-state index contributed by atoms with van der Waals surface area (Å²) in [5.41, 5.74) is 5.77. The largest absolute Gasteiger partial charge is 0.338 e. The van der Waals surface area contributed by atoms with Crippen LogP contribution in [0.2, 0.25) is 5.02 Å². The molecule has 2 N–H and O–H groups in total. The predicted octanol–water partition coefficient (Wildman–Crippen LogP) is 3.53. The van der Waals surface area contributed by atoms with E-state index in [1.165, 1.54) is 16.7 Å². The number of halogens is 1. The van der Waals surface area contributed by atoms with Gasteiger partial charge in [-0.05, 0) is 36.2 Å². The van der Waals surface area contributed by atoms with Gasteiger partial charge in [0.15, 0.2) is 0 Å². The second kappa shape index (κ2) is 4.62. The predicted molar refractivity (Wildman–Crippen MR) is 82.0 cm³/mol. The number of H-pyrrole nitrogens is 1. The normalized spacial score (nSPS) is 14.4. The summed E-state index contributed by atoms with van der Waals surface area (Å²) in [5, 5.41) is 4.09. The zero-order valence-electron chi connectivity index (χ0n) is 10.9. The minimum atomic E-state index is 0.691. The average molecular weight is 284 g/mol. The van der Waals surface area contributed by atoms with Gasteiger partial charge in [0.2, 0.25) is 0 Å². The Morgan fingerprint density at radius 1 is 1.10 bits per heavy atom. The van der Waals surface area contributed by atoms with Gasteiger partial charge in [-0.15, -0.1) is 0 Å². The summed E-state index contributed by atoms with van der Waals surface area (Å²) in [6, 6.07) is 12.2. The van der Waals surface area contributed by atoms with Gasteiger partial charge in [-0.1, -0.05) is 35.9 Å². The van der Waals surface area contributed by atoms with Gasteiger partial charge in [-0.3, -0.25) is 0 Å². The Labute approximate surface area is 122 Å². The van der Waals surface area contributed by atoms with Gasteiger partial charge in [0.05, 0.1) is 10.5 Å². The highest BCUT2D eigenvalue weighted by atomic mass is 35.5. The van der Waals surface area contributed by atoms with Crippen molar-refractivity contribution in [2.24, 2.45) is 0 Å². The minimum Gasteiger partial charge on any atom is -0.338 e. The van der Waals surface area contributed by atoms with Crippen LogP contribution in [0.1, 0.15) is 11.1 Å². The van der Waals surface area contributed by atoms with E-state index in [0.717, 1.165) is 36.4 Å². The van der Waals surface area contributed by atoms with Gasteiger partial charge >= 0.3 is 0 Å². The summed E-state index contributed by atoms with van der Waals surface area (Å²) in [7, 11) is 0. The summed E-state index contributed by atoms with van der Waals surface area (Å²) in [6.45, 7) is 1.95. The molecular formula is C16H14ClN3. The quantitative estimate of drug-likeness (QED) is 0.717. The van der Waals surface area contributed by atoms with E-state index in [4.69, 9.17) is 11.6 Å². The smallest absolute Gasteiger partial charge is 0.138 e. The van der Waals surface area contributed by atoms with Crippen LogP contribution in [0.4, 0.5) is 0 Å². The van der Waals surface area contributed by atoms with Gasteiger partial charge in [-0.25, -0.2) is 4.98 Å². The van der Waals surface area contributed by atoms with Crippen molar-refractivity contribution in [3.8, 4) is 11.4 Å². The molecule has 0 saturated carbocycles. The van der Waals surface area contributed by atoms with Crippen LogP contribution < -0.4 is 5.32 Å². The van der Waals surface area contributed by atoms with Crippen LogP contribution in [0.25, 0.3) is 22.4 Å². The fourth-order valence-electron chi connectivity index (χ4n) is 2.88. The molecule has 2 aromatic carbocycles. The molecule has 0 spiro atoms. The van der Waals surface area contributed by atoms with E-state index < -0.39 is 0 Å². The number of aromatic nitrogens is 2. The Kier molecular flexibility index (Phi) is 2.76. The molecule has 1 aromatic heterocycles. The molecule has 0 radical (unpaired) electrons. The first kappa shape index (κ1) is 11.9. The Morgan fingerprint density at radius 3 is 2.90 bits per heavy atom. The first-order valence-corrected chi connectivity index (χ1v) is 7.17. The highest BCUT2D eigenvalue weighted by Gasteiger charge is 2.16. The fourth-order valence-corrected chi connectivity index (χ4v) is 3.10. The zero-order chi connectivity index (χ0) is 13.5. The lowest BCUT2D eigenvalue weighted by Gasteiger charge is -2.19. The van der Waals surface area contributed by atoms with Gasteiger partial charge in [0, 0.05) is 12.1 Å². The van der Waals surface area contributed by atoms with Crippen molar-refractivity contribution in [2.45, 2.75) is 13.0 Å². The van der Waals surface area contributed by atoms with Crippen LogP contribution in [0.5, 0.6) is 0 Å². The number of hydrogen-bond acceptors (Lipinski definition) is 2. The topological polar surface area (TPSA) is 40.7 Å². The molecule has 0 bridgehead atoms. The maximum atomic E-state index is 6.21. The summed E-state index contributed by atoms with van der Waals surface area (Å²) < 4.78 is 0. The molecule has 0 amide bonds. The third-order valence-electron chi connectivity index (χ3n) is 3.86.